The molecule has 0 amide bonds. The molecule has 108 valence electrons. The molecular weight excluding hydrogens is 272 g/mol. The van der Waals surface area contributed by atoms with Crippen LogP contribution in [0.2, 0.25) is 0 Å². The molecule has 3 heterocycles. The molecule has 0 N–H and O–H groups in total. The van der Waals surface area contributed by atoms with Gasteiger partial charge in [-0.3, -0.25) is 9.88 Å². The van der Waals surface area contributed by atoms with Crippen LogP contribution < -0.4 is 0 Å². The molecule has 1 aliphatic heterocycles. The van der Waals surface area contributed by atoms with Crippen molar-refractivity contribution in [1.82, 2.24) is 19.4 Å². The zero-order valence-corrected chi connectivity index (χ0v) is 12.7. The van der Waals surface area contributed by atoms with Crippen molar-refractivity contribution in [3.8, 4) is 0 Å². The molecule has 1 unspecified atom stereocenters. The third-order valence-corrected chi connectivity index (χ3v) is 4.44. The van der Waals surface area contributed by atoms with E-state index in [1.54, 1.807) is 0 Å². The Bertz CT molecular complexity index is 580. The maximum absolute atomic E-state index is 5.93. The normalized spacial score (nSPS) is 20.0. The van der Waals surface area contributed by atoms with Crippen molar-refractivity contribution < 1.29 is 0 Å². The van der Waals surface area contributed by atoms with E-state index < -0.39 is 0 Å². The number of hydrogen-bond donors (Lipinski definition) is 0. The standard InChI is InChI=1S/C15H21ClN4/c1-2-19-9-3-4-12(19)11-20-14-6-8-17-10-13(14)18-15(20)5-7-16/h6,8,10,12H,2-5,7,9,11H2,1H3. The third-order valence-electron chi connectivity index (χ3n) is 4.25. The lowest BCUT2D eigenvalue weighted by Crippen LogP contribution is -2.33. The number of rotatable bonds is 5. The van der Waals surface area contributed by atoms with E-state index in [-0.39, 0.29) is 0 Å². The number of pyridine rings is 1. The summed E-state index contributed by atoms with van der Waals surface area (Å²) >= 11 is 5.93. The average Bonchev–Trinajstić information content (AvgIpc) is 3.05. The second-order valence-electron chi connectivity index (χ2n) is 5.37. The quantitative estimate of drug-likeness (QED) is 0.795. The first-order valence-corrected chi connectivity index (χ1v) is 7.96. The van der Waals surface area contributed by atoms with Crippen LogP contribution in [0.4, 0.5) is 0 Å². The Labute approximate surface area is 124 Å². The molecule has 0 saturated carbocycles. The largest absolute Gasteiger partial charge is 0.326 e. The fourth-order valence-electron chi connectivity index (χ4n) is 3.24. The zero-order chi connectivity index (χ0) is 13.9. The smallest absolute Gasteiger partial charge is 0.111 e. The van der Waals surface area contributed by atoms with Crippen molar-refractivity contribution >= 4 is 22.6 Å². The van der Waals surface area contributed by atoms with Crippen molar-refractivity contribution in [2.24, 2.45) is 0 Å². The maximum atomic E-state index is 5.93. The fourth-order valence-corrected chi connectivity index (χ4v) is 3.41. The van der Waals surface area contributed by atoms with Gasteiger partial charge in [-0.2, -0.15) is 0 Å². The first kappa shape index (κ1) is 13.8. The van der Waals surface area contributed by atoms with E-state index in [0.717, 1.165) is 30.9 Å². The molecule has 4 nitrogen and oxygen atoms in total. The van der Waals surface area contributed by atoms with E-state index in [0.29, 0.717) is 11.9 Å². The number of aryl methyl sites for hydroxylation is 1. The van der Waals surface area contributed by atoms with Crippen molar-refractivity contribution in [3.05, 3.63) is 24.3 Å². The number of alkyl halides is 1. The van der Waals surface area contributed by atoms with Gasteiger partial charge >= 0.3 is 0 Å². The number of imidazole rings is 1. The molecule has 0 aromatic carbocycles. The molecule has 3 rings (SSSR count). The van der Waals surface area contributed by atoms with E-state index in [4.69, 9.17) is 16.6 Å². The molecular formula is C15H21ClN4. The molecule has 1 saturated heterocycles. The lowest BCUT2D eigenvalue weighted by Gasteiger charge is -2.24. The zero-order valence-electron chi connectivity index (χ0n) is 11.9. The predicted octanol–water partition coefficient (Wildman–Crippen LogP) is 2.70. The Morgan fingerprint density at radius 3 is 3.15 bits per heavy atom. The Morgan fingerprint density at radius 2 is 2.35 bits per heavy atom. The number of halogens is 1. The highest BCUT2D eigenvalue weighted by molar-refractivity contribution is 6.17. The van der Waals surface area contributed by atoms with E-state index in [9.17, 15) is 0 Å². The molecule has 0 aliphatic carbocycles. The van der Waals surface area contributed by atoms with Crippen LogP contribution in [0.1, 0.15) is 25.6 Å². The number of nitrogens with zero attached hydrogens (tertiary/aromatic N) is 4. The van der Waals surface area contributed by atoms with Gasteiger partial charge in [0.2, 0.25) is 0 Å². The van der Waals surface area contributed by atoms with Crippen LogP contribution in [0.5, 0.6) is 0 Å². The van der Waals surface area contributed by atoms with Crippen molar-refractivity contribution in [3.63, 3.8) is 0 Å². The highest BCUT2D eigenvalue weighted by atomic mass is 35.5. The molecule has 5 heteroatoms. The van der Waals surface area contributed by atoms with Gasteiger partial charge in [-0.15, -0.1) is 11.6 Å². The van der Waals surface area contributed by atoms with E-state index in [1.165, 1.54) is 24.9 Å². The van der Waals surface area contributed by atoms with Gasteiger partial charge in [0.05, 0.1) is 11.7 Å². The van der Waals surface area contributed by atoms with Crippen molar-refractivity contribution in [2.45, 2.75) is 38.8 Å². The van der Waals surface area contributed by atoms with Crippen molar-refractivity contribution in [1.29, 1.82) is 0 Å². The minimum absolute atomic E-state index is 0.610. The predicted molar refractivity (Wildman–Crippen MR) is 82.2 cm³/mol. The van der Waals surface area contributed by atoms with Gasteiger partial charge in [-0.1, -0.05) is 6.92 Å². The van der Waals surface area contributed by atoms with Gasteiger partial charge in [0.15, 0.2) is 0 Å². The minimum Gasteiger partial charge on any atom is -0.326 e. The average molecular weight is 293 g/mol. The molecule has 0 bridgehead atoms. The van der Waals surface area contributed by atoms with Crippen molar-refractivity contribution in [2.75, 3.05) is 19.0 Å². The van der Waals surface area contributed by atoms with Crippen LogP contribution in [0.15, 0.2) is 18.5 Å². The highest BCUT2D eigenvalue weighted by Gasteiger charge is 2.24. The number of likely N-dealkylation sites (N-methyl/N-ethyl adjacent to an activating group) is 1. The van der Waals surface area contributed by atoms with E-state index in [2.05, 4.69) is 27.4 Å². The molecule has 1 atom stereocenters. The summed E-state index contributed by atoms with van der Waals surface area (Å²) in [5.74, 6) is 1.70. The summed E-state index contributed by atoms with van der Waals surface area (Å²) in [7, 11) is 0. The monoisotopic (exact) mass is 292 g/mol. The maximum Gasteiger partial charge on any atom is 0.111 e. The molecule has 1 fully saturated rings. The number of hydrogen-bond acceptors (Lipinski definition) is 3. The van der Waals surface area contributed by atoms with Crippen LogP contribution >= 0.6 is 11.6 Å². The minimum atomic E-state index is 0.610. The summed E-state index contributed by atoms with van der Waals surface area (Å²) in [5, 5.41) is 0. The molecule has 2 aromatic heterocycles. The summed E-state index contributed by atoms with van der Waals surface area (Å²) in [6, 6.07) is 2.69. The Morgan fingerprint density at radius 1 is 1.45 bits per heavy atom. The second-order valence-corrected chi connectivity index (χ2v) is 5.74. The Hall–Kier alpha value is -1.13. The van der Waals surface area contributed by atoms with Gasteiger partial charge in [0, 0.05) is 31.1 Å². The van der Waals surface area contributed by atoms with Crippen LogP contribution in [0.3, 0.4) is 0 Å². The lowest BCUT2D eigenvalue weighted by atomic mass is 10.2. The summed E-state index contributed by atoms with van der Waals surface area (Å²) < 4.78 is 2.35. The summed E-state index contributed by atoms with van der Waals surface area (Å²) in [6.07, 6.45) is 7.08. The first-order chi connectivity index (χ1) is 9.83. The Kier molecular flexibility index (Phi) is 4.22. The Balaban J connectivity index is 1.94. The van der Waals surface area contributed by atoms with Gasteiger partial charge in [0.25, 0.3) is 0 Å². The second kappa shape index (κ2) is 6.10. The van der Waals surface area contributed by atoms with Crippen LogP contribution in [0, 0.1) is 0 Å². The first-order valence-electron chi connectivity index (χ1n) is 7.42. The van der Waals surface area contributed by atoms with Gasteiger partial charge in [0.1, 0.15) is 11.3 Å². The third kappa shape index (κ3) is 2.54. The SMILES string of the molecule is CCN1CCCC1Cn1c(CCCl)nc2cnccc21. The fraction of sp³-hybridized carbons (Fsp3) is 0.600. The topological polar surface area (TPSA) is 34.0 Å². The molecule has 0 radical (unpaired) electrons. The molecule has 20 heavy (non-hydrogen) atoms. The number of aromatic nitrogens is 3. The molecule has 2 aromatic rings. The molecule has 1 aliphatic rings. The van der Waals surface area contributed by atoms with E-state index in [1.807, 2.05) is 12.4 Å². The van der Waals surface area contributed by atoms with Gasteiger partial charge < -0.3 is 4.57 Å². The summed E-state index contributed by atoms with van der Waals surface area (Å²) in [5.41, 5.74) is 2.16. The van der Waals surface area contributed by atoms with Gasteiger partial charge in [-0.25, -0.2) is 4.98 Å². The van der Waals surface area contributed by atoms with Gasteiger partial charge in [-0.05, 0) is 32.0 Å². The highest BCUT2D eigenvalue weighted by Crippen LogP contribution is 2.22. The number of likely N-dealkylation sites (tertiary alicyclic amines) is 1. The molecule has 0 spiro atoms. The van der Waals surface area contributed by atoms with Crippen LogP contribution in [-0.2, 0) is 13.0 Å². The van der Waals surface area contributed by atoms with Crippen LogP contribution in [-0.4, -0.2) is 44.4 Å². The lowest BCUT2D eigenvalue weighted by molar-refractivity contribution is 0.244. The van der Waals surface area contributed by atoms with E-state index >= 15 is 0 Å². The van der Waals surface area contributed by atoms with Crippen LogP contribution in [0.25, 0.3) is 11.0 Å². The number of fused-ring (bicyclic) bond motifs is 1. The summed E-state index contributed by atoms with van der Waals surface area (Å²) in [4.78, 5) is 11.4. The summed E-state index contributed by atoms with van der Waals surface area (Å²) in [6.45, 7) is 5.61.